The third-order valence-corrected chi connectivity index (χ3v) is 6.76. The lowest BCUT2D eigenvalue weighted by Crippen LogP contribution is -2.54. The van der Waals surface area contributed by atoms with Crippen LogP contribution in [0.25, 0.3) is 6.08 Å². The highest BCUT2D eigenvalue weighted by atomic mass is 127. The zero-order valence-electron chi connectivity index (χ0n) is 22.4. The SMILES string of the molecule is CCOc1cc(/C=C2\C(=O)NC(=O)N(c3ccc(C(=O)OC)cc3)C2=O)cc(I)c1OCc1cc(C)cc(C)c1. The number of hydrogen-bond donors (Lipinski definition) is 1. The Labute approximate surface area is 245 Å². The molecule has 1 N–H and O–H groups in total. The maximum Gasteiger partial charge on any atom is 0.337 e. The molecule has 1 fully saturated rings. The van der Waals surface area contributed by atoms with E-state index in [4.69, 9.17) is 9.47 Å². The molecular formula is C30H27IN2O7. The average Bonchev–Trinajstić information content (AvgIpc) is 2.90. The van der Waals surface area contributed by atoms with Crippen molar-refractivity contribution in [1.29, 1.82) is 0 Å². The van der Waals surface area contributed by atoms with Crippen LogP contribution in [0.2, 0.25) is 0 Å². The second-order valence-corrected chi connectivity index (χ2v) is 10.2. The Morgan fingerprint density at radius 2 is 1.65 bits per heavy atom. The van der Waals surface area contributed by atoms with Gasteiger partial charge in [-0.1, -0.05) is 29.3 Å². The van der Waals surface area contributed by atoms with Crippen LogP contribution < -0.4 is 19.7 Å². The molecule has 0 aliphatic carbocycles. The second-order valence-electron chi connectivity index (χ2n) is 9.04. The number of imide groups is 2. The first-order chi connectivity index (χ1) is 19.1. The van der Waals surface area contributed by atoms with Crippen LogP contribution in [0, 0.1) is 17.4 Å². The fraction of sp³-hybridized carbons (Fsp3) is 0.200. The molecule has 1 aliphatic heterocycles. The van der Waals surface area contributed by atoms with Crippen LogP contribution in [0.5, 0.6) is 11.5 Å². The van der Waals surface area contributed by atoms with Crippen LogP contribution in [-0.2, 0) is 20.9 Å². The van der Waals surface area contributed by atoms with Gasteiger partial charge in [0.1, 0.15) is 12.2 Å². The van der Waals surface area contributed by atoms with Gasteiger partial charge in [-0.25, -0.2) is 14.5 Å². The number of urea groups is 1. The molecular weight excluding hydrogens is 627 g/mol. The molecule has 0 saturated carbocycles. The van der Waals surface area contributed by atoms with Gasteiger partial charge in [-0.2, -0.15) is 0 Å². The lowest BCUT2D eigenvalue weighted by Gasteiger charge is -2.26. The van der Waals surface area contributed by atoms with Crippen LogP contribution in [0.3, 0.4) is 0 Å². The predicted molar refractivity (Wildman–Crippen MR) is 157 cm³/mol. The van der Waals surface area contributed by atoms with Crippen molar-refractivity contribution in [3.63, 3.8) is 0 Å². The number of aryl methyl sites for hydroxylation is 2. The van der Waals surface area contributed by atoms with Crippen LogP contribution in [-0.4, -0.2) is 37.5 Å². The molecule has 0 spiro atoms. The zero-order chi connectivity index (χ0) is 29.0. The molecule has 0 radical (unpaired) electrons. The van der Waals surface area contributed by atoms with E-state index in [1.165, 1.54) is 37.5 Å². The molecule has 4 rings (SSSR count). The van der Waals surface area contributed by atoms with E-state index in [1.54, 1.807) is 12.1 Å². The summed E-state index contributed by atoms with van der Waals surface area (Å²) < 4.78 is 17.4. The first-order valence-corrected chi connectivity index (χ1v) is 13.4. The van der Waals surface area contributed by atoms with Crippen molar-refractivity contribution in [2.24, 2.45) is 0 Å². The minimum Gasteiger partial charge on any atom is -0.490 e. The number of nitrogens with zero attached hydrogens (tertiary/aromatic N) is 1. The Hall–Kier alpha value is -4.19. The Morgan fingerprint density at radius 3 is 2.27 bits per heavy atom. The van der Waals surface area contributed by atoms with Gasteiger partial charge >= 0.3 is 12.0 Å². The van der Waals surface area contributed by atoms with Crippen LogP contribution >= 0.6 is 22.6 Å². The van der Waals surface area contributed by atoms with Crippen LogP contribution in [0.15, 0.2) is 60.2 Å². The Bertz CT molecular complexity index is 1510. The van der Waals surface area contributed by atoms with Gasteiger partial charge < -0.3 is 14.2 Å². The highest BCUT2D eigenvalue weighted by Gasteiger charge is 2.37. The number of carbonyl (C=O) groups is 4. The van der Waals surface area contributed by atoms with Crippen molar-refractivity contribution < 1.29 is 33.4 Å². The van der Waals surface area contributed by atoms with Gasteiger partial charge in [0.15, 0.2) is 11.5 Å². The van der Waals surface area contributed by atoms with Gasteiger partial charge in [-0.15, -0.1) is 0 Å². The molecule has 0 bridgehead atoms. The van der Waals surface area contributed by atoms with Crippen molar-refractivity contribution in [3.8, 4) is 11.5 Å². The molecule has 3 aromatic rings. The predicted octanol–water partition coefficient (Wildman–Crippen LogP) is 5.34. The van der Waals surface area contributed by atoms with Gasteiger partial charge in [-0.3, -0.25) is 14.9 Å². The largest absolute Gasteiger partial charge is 0.490 e. The Morgan fingerprint density at radius 1 is 0.975 bits per heavy atom. The number of nitrogens with one attached hydrogen (secondary N) is 1. The van der Waals surface area contributed by atoms with E-state index in [-0.39, 0.29) is 16.8 Å². The quantitative estimate of drug-likeness (QED) is 0.151. The third kappa shape index (κ3) is 6.33. The van der Waals surface area contributed by atoms with E-state index in [2.05, 4.69) is 50.8 Å². The minimum absolute atomic E-state index is 0.188. The molecule has 1 heterocycles. The molecule has 4 amide bonds. The number of methoxy groups -OCH3 is 1. The summed E-state index contributed by atoms with van der Waals surface area (Å²) in [7, 11) is 1.25. The number of barbiturate groups is 1. The van der Waals surface area contributed by atoms with Crippen molar-refractivity contribution >= 4 is 58.2 Å². The summed E-state index contributed by atoms with van der Waals surface area (Å²) in [5, 5.41) is 2.20. The molecule has 0 aromatic heterocycles. The number of anilines is 1. The summed E-state index contributed by atoms with van der Waals surface area (Å²) in [6, 6.07) is 14.5. The normalized spacial score (nSPS) is 14.3. The molecule has 3 aromatic carbocycles. The molecule has 0 unspecified atom stereocenters. The van der Waals surface area contributed by atoms with E-state index < -0.39 is 23.8 Å². The summed E-state index contributed by atoms with van der Waals surface area (Å²) in [6.45, 7) is 6.62. The maximum atomic E-state index is 13.3. The maximum absolute atomic E-state index is 13.3. The molecule has 1 aliphatic rings. The summed E-state index contributed by atoms with van der Waals surface area (Å²) in [4.78, 5) is 51.2. The van der Waals surface area contributed by atoms with Gasteiger partial charge in [0.2, 0.25) is 0 Å². The number of esters is 1. The van der Waals surface area contributed by atoms with Crippen molar-refractivity contribution in [3.05, 3.63) is 91.6 Å². The number of halogens is 1. The van der Waals surface area contributed by atoms with Gasteiger partial charge in [0.25, 0.3) is 11.8 Å². The fourth-order valence-electron chi connectivity index (χ4n) is 4.31. The van der Waals surface area contributed by atoms with E-state index in [1.807, 2.05) is 20.8 Å². The van der Waals surface area contributed by atoms with Crippen LogP contribution in [0.4, 0.5) is 10.5 Å². The van der Waals surface area contributed by atoms with Crippen molar-refractivity contribution in [1.82, 2.24) is 5.32 Å². The number of hydrogen-bond acceptors (Lipinski definition) is 7. The van der Waals surface area contributed by atoms with E-state index in [9.17, 15) is 19.2 Å². The summed E-state index contributed by atoms with van der Waals surface area (Å²) in [5.41, 5.74) is 4.02. The van der Waals surface area contributed by atoms with Gasteiger partial charge in [-0.05, 0) is 97.0 Å². The van der Waals surface area contributed by atoms with Crippen molar-refractivity contribution in [2.45, 2.75) is 27.4 Å². The Kier molecular flexibility index (Phi) is 8.88. The highest BCUT2D eigenvalue weighted by molar-refractivity contribution is 14.1. The third-order valence-electron chi connectivity index (χ3n) is 5.96. The summed E-state index contributed by atoms with van der Waals surface area (Å²) in [6.07, 6.45) is 1.40. The molecule has 10 heteroatoms. The lowest BCUT2D eigenvalue weighted by molar-refractivity contribution is -0.122. The first-order valence-electron chi connectivity index (χ1n) is 12.4. The topological polar surface area (TPSA) is 111 Å². The van der Waals surface area contributed by atoms with Crippen LogP contribution in [0.1, 0.15) is 39.5 Å². The number of ether oxygens (including phenoxy) is 3. The number of rotatable bonds is 8. The molecule has 0 atom stereocenters. The zero-order valence-corrected chi connectivity index (χ0v) is 24.5. The monoisotopic (exact) mass is 654 g/mol. The molecule has 1 saturated heterocycles. The minimum atomic E-state index is -0.891. The van der Waals surface area contributed by atoms with Gasteiger partial charge in [0, 0.05) is 0 Å². The Balaban J connectivity index is 1.64. The lowest BCUT2D eigenvalue weighted by atomic mass is 10.1. The molecule has 40 heavy (non-hydrogen) atoms. The molecule has 9 nitrogen and oxygen atoms in total. The van der Waals surface area contributed by atoms with E-state index in [0.29, 0.717) is 30.3 Å². The summed E-state index contributed by atoms with van der Waals surface area (Å²) >= 11 is 2.12. The fourth-order valence-corrected chi connectivity index (χ4v) is 5.09. The number of benzene rings is 3. The van der Waals surface area contributed by atoms with Gasteiger partial charge in [0.05, 0.1) is 28.5 Å². The number of carbonyl (C=O) groups excluding carboxylic acids is 4. The highest BCUT2D eigenvalue weighted by Crippen LogP contribution is 2.36. The smallest absolute Gasteiger partial charge is 0.337 e. The molecule has 206 valence electrons. The standard InChI is InChI=1S/C30H27IN2O7/c1-5-39-25-15-19(14-24(31)26(25)40-16-20-11-17(2)10-18(3)12-20)13-23-27(34)32-30(37)33(28(23)35)22-8-6-21(7-9-22)29(36)38-4/h6-15H,5,16H2,1-4H3,(H,32,34,37)/b23-13+. The van der Waals surface area contributed by atoms with E-state index in [0.717, 1.165) is 25.2 Å². The second kappa shape index (κ2) is 12.3. The van der Waals surface area contributed by atoms with Crippen molar-refractivity contribution in [2.75, 3.05) is 18.6 Å². The number of amides is 4. The summed E-state index contributed by atoms with van der Waals surface area (Å²) in [5.74, 6) is -1.17. The van der Waals surface area contributed by atoms with E-state index >= 15 is 0 Å². The average molecular weight is 654 g/mol. The first kappa shape index (κ1) is 28.8.